The third kappa shape index (κ3) is 3.08. The van der Waals surface area contributed by atoms with Gasteiger partial charge >= 0.3 is 0 Å². The molecule has 3 aromatic rings. The summed E-state index contributed by atoms with van der Waals surface area (Å²) in [7, 11) is 3.15. The molecule has 0 bridgehead atoms. The number of rotatable bonds is 4. The van der Waals surface area contributed by atoms with Gasteiger partial charge in [0, 0.05) is 17.3 Å². The molecule has 0 amide bonds. The highest BCUT2D eigenvalue weighted by Gasteiger charge is 2.15. The van der Waals surface area contributed by atoms with E-state index in [4.69, 9.17) is 15.2 Å². The molecule has 0 atom stereocenters. The van der Waals surface area contributed by atoms with Gasteiger partial charge in [0.05, 0.1) is 25.6 Å². The number of hydrogen-bond acceptors (Lipinski definition) is 6. The first kappa shape index (κ1) is 16.3. The van der Waals surface area contributed by atoms with E-state index in [1.807, 2.05) is 30.3 Å². The Hall–Kier alpha value is -3.59. The van der Waals surface area contributed by atoms with Crippen LogP contribution in [0.5, 0.6) is 11.5 Å². The highest BCUT2D eigenvalue weighted by atomic mass is 16.5. The average molecular weight is 332 g/mol. The van der Waals surface area contributed by atoms with Gasteiger partial charge in [-0.15, -0.1) is 0 Å². The highest BCUT2D eigenvalue weighted by molar-refractivity contribution is 5.79. The van der Waals surface area contributed by atoms with E-state index in [1.165, 1.54) is 0 Å². The van der Waals surface area contributed by atoms with Crippen LogP contribution in [0.1, 0.15) is 5.56 Å². The summed E-state index contributed by atoms with van der Waals surface area (Å²) in [5, 5.41) is 9.44. The van der Waals surface area contributed by atoms with Crippen molar-refractivity contribution in [2.75, 3.05) is 20.0 Å². The van der Waals surface area contributed by atoms with Crippen LogP contribution < -0.4 is 15.2 Å². The fourth-order valence-electron chi connectivity index (χ4n) is 2.55. The molecular weight excluding hydrogens is 316 g/mol. The summed E-state index contributed by atoms with van der Waals surface area (Å²) >= 11 is 0. The number of nitrogens with zero attached hydrogens (tertiary/aromatic N) is 3. The van der Waals surface area contributed by atoms with Gasteiger partial charge in [-0.1, -0.05) is 6.07 Å². The summed E-state index contributed by atoms with van der Waals surface area (Å²) in [6.45, 7) is 0. The number of methoxy groups -OCH3 is 2. The number of anilines is 1. The van der Waals surface area contributed by atoms with Crippen molar-refractivity contribution in [1.29, 1.82) is 5.26 Å². The lowest BCUT2D eigenvalue weighted by molar-refractivity contribution is 0.355. The minimum atomic E-state index is 0.162. The van der Waals surface area contributed by atoms with E-state index < -0.39 is 0 Å². The summed E-state index contributed by atoms with van der Waals surface area (Å²) in [4.78, 5) is 8.68. The van der Waals surface area contributed by atoms with Gasteiger partial charge in [-0.2, -0.15) is 5.26 Å². The molecule has 3 rings (SSSR count). The van der Waals surface area contributed by atoms with Crippen molar-refractivity contribution in [3.05, 3.63) is 54.2 Å². The molecule has 0 fully saturated rings. The molecule has 0 unspecified atom stereocenters. The number of benzene rings is 1. The van der Waals surface area contributed by atoms with Crippen molar-refractivity contribution < 1.29 is 9.47 Å². The SMILES string of the molecule is COc1ccc(-c2cc(-c3ccccn3)c(C#N)c(N)n2)cc1OC. The van der Waals surface area contributed by atoms with Crippen LogP contribution in [-0.4, -0.2) is 24.2 Å². The fraction of sp³-hybridized carbons (Fsp3) is 0.105. The Morgan fingerprint density at radius 2 is 1.80 bits per heavy atom. The number of nitriles is 1. The molecule has 0 aliphatic carbocycles. The van der Waals surface area contributed by atoms with Crippen LogP contribution in [-0.2, 0) is 0 Å². The van der Waals surface area contributed by atoms with Gasteiger partial charge in [-0.25, -0.2) is 4.98 Å². The normalized spacial score (nSPS) is 10.1. The second-order valence-corrected chi connectivity index (χ2v) is 5.21. The molecule has 0 saturated carbocycles. The lowest BCUT2D eigenvalue weighted by Crippen LogP contribution is -2.00. The molecule has 0 aliphatic rings. The summed E-state index contributed by atoms with van der Waals surface area (Å²) in [6.07, 6.45) is 1.67. The van der Waals surface area contributed by atoms with Gasteiger partial charge in [0.2, 0.25) is 0 Å². The first-order chi connectivity index (χ1) is 12.2. The quantitative estimate of drug-likeness (QED) is 0.788. The molecule has 0 radical (unpaired) electrons. The number of pyridine rings is 2. The van der Waals surface area contributed by atoms with E-state index in [2.05, 4.69) is 16.0 Å². The van der Waals surface area contributed by atoms with Crippen LogP contribution in [0.25, 0.3) is 22.5 Å². The maximum absolute atomic E-state index is 9.44. The Labute approximate surface area is 145 Å². The predicted molar refractivity (Wildman–Crippen MR) is 95.1 cm³/mol. The van der Waals surface area contributed by atoms with E-state index in [-0.39, 0.29) is 5.82 Å². The van der Waals surface area contributed by atoms with Crippen molar-refractivity contribution in [2.24, 2.45) is 0 Å². The molecule has 0 aliphatic heterocycles. The highest BCUT2D eigenvalue weighted by Crippen LogP contribution is 2.34. The van der Waals surface area contributed by atoms with Crippen molar-refractivity contribution >= 4 is 5.82 Å². The zero-order valence-electron chi connectivity index (χ0n) is 13.9. The molecule has 2 N–H and O–H groups in total. The van der Waals surface area contributed by atoms with Crippen molar-refractivity contribution in [2.45, 2.75) is 0 Å². The first-order valence-electron chi connectivity index (χ1n) is 7.52. The number of hydrogen-bond donors (Lipinski definition) is 1. The van der Waals surface area contributed by atoms with Crippen LogP contribution in [0.15, 0.2) is 48.7 Å². The largest absolute Gasteiger partial charge is 0.493 e. The van der Waals surface area contributed by atoms with Gasteiger partial charge in [0.15, 0.2) is 11.5 Å². The monoisotopic (exact) mass is 332 g/mol. The lowest BCUT2D eigenvalue weighted by atomic mass is 10.0. The summed E-state index contributed by atoms with van der Waals surface area (Å²) in [5.74, 6) is 1.37. The molecule has 2 aromatic heterocycles. The van der Waals surface area contributed by atoms with Gasteiger partial charge in [0.1, 0.15) is 17.5 Å². The van der Waals surface area contributed by atoms with Crippen LogP contribution in [0.3, 0.4) is 0 Å². The van der Waals surface area contributed by atoms with Gasteiger partial charge in [-0.05, 0) is 36.4 Å². The molecule has 0 spiro atoms. The average Bonchev–Trinajstić information content (AvgIpc) is 2.67. The zero-order valence-corrected chi connectivity index (χ0v) is 13.9. The van der Waals surface area contributed by atoms with Crippen LogP contribution in [0, 0.1) is 11.3 Å². The van der Waals surface area contributed by atoms with Gasteiger partial charge in [-0.3, -0.25) is 4.98 Å². The topological polar surface area (TPSA) is 94.0 Å². The zero-order chi connectivity index (χ0) is 17.8. The summed E-state index contributed by atoms with van der Waals surface area (Å²) in [5.41, 5.74) is 9.05. The van der Waals surface area contributed by atoms with Crippen molar-refractivity contribution in [3.8, 4) is 40.1 Å². The third-order valence-corrected chi connectivity index (χ3v) is 3.78. The van der Waals surface area contributed by atoms with Crippen LogP contribution in [0.4, 0.5) is 5.82 Å². The van der Waals surface area contributed by atoms with E-state index >= 15 is 0 Å². The number of nitrogen functional groups attached to an aromatic ring is 1. The van der Waals surface area contributed by atoms with Crippen molar-refractivity contribution in [1.82, 2.24) is 9.97 Å². The van der Waals surface area contributed by atoms with Crippen LogP contribution in [0.2, 0.25) is 0 Å². The summed E-state index contributed by atoms with van der Waals surface area (Å²) in [6, 6.07) is 14.9. The molecule has 0 saturated heterocycles. The second-order valence-electron chi connectivity index (χ2n) is 5.21. The van der Waals surface area contributed by atoms with Crippen LogP contribution >= 0.6 is 0 Å². The Balaban J connectivity index is 2.19. The predicted octanol–water partition coefficient (Wildman–Crippen LogP) is 3.28. The number of nitrogens with two attached hydrogens (primary N) is 1. The van der Waals surface area contributed by atoms with E-state index in [0.29, 0.717) is 34.0 Å². The van der Waals surface area contributed by atoms with E-state index in [0.717, 1.165) is 5.56 Å². The Morgan fingerprint density at radius 1 is 1.00 bits per heavy atom. The molecule has 124 valence electrons. The third-order valence-electron chi connectivity index (χ3n) is 3.78. The standard InChI is InChI=1S/C19H16N4O2/c1-24-17-7-6-12(9-18(17)25-2)16-10-13(14(11-20)19(21)23-16)15-5-3-4-8-22-15/h3-10H,1-2H3,(H2,21,23). The Morgan fingerprint density at radius 3 is 2.44 bits per heavy atom. The maximum Gasteiger partial charge on any atom is 0.161 e. The molecular formula is C19H16N4O2. The summed E-state index contributed by atoms with van der Waals surface area (Å²) < 4.78 is 10.6. The minimum absolute atomic E-state index is 0.162. The fourth-order valence-corrected chi connectivity index (χ4v) is 2.55. The maximum atomic E-state index is 9.44. The molecule has 1 aromatic carbocycles. The Bertz CT molecular complexity index is 950. The van der Waals surface area contributed by atoms with E-state index in [9.17, 15) is 5.26 Å². The van der Waals surface area contributed by atoms with E-state index in [1.54, 1.807) is 32.5 Å². The lowest BCUT2D eigenvalue weighted by Gasteiger charge is -2.12. The second kappa shape index (κ2) is 6.89. The van der Waals surface area contributed by atoms with Crippen molar-refractivity contribution in [3.63, 3.8) is 0 Å². The molecule has 6 heteroatoms. The van der Waals surface area contributed by atoms with Gasteiger partial charge < -0.3 is 15.2 Å². The first-order valence-corrected chi connectivity index (χ1v) is 7.52. The smallest absolute Gasteiger partial charge is 0.161 e. The minimum Gasteiger partial charge on any atom is -0.493 e. The number of aromatic nitrogens is 2. The molecule has 6 nitrogen and oxygen atoms in total. The Kier molecular flexibility index (Phi) is 4.48. The molecule has 25 heavy (non-hydrogen) atoms. The number of ether oxygens (including phenoxy) is 2. The van der Waals surface area contributed by atoms with Gasteiger partial charge in [0.25, 0.3) is 0 Å². The molecule has 2 heterocycles.